The van der Waals surface area contributed by atoms with Gasteiger partial charge in [0.2, 0.25) is 18.5 Å². The molecule has 10 heteroatoms. The summed E-state index contributed by atoms with van der Waals surface area (Å²) in [6.07, 6.45) is 3.56. The largest absolute Gasteiger partial charge is 0.493 e. The molecule has 1 unspecified atom stereocenters. The molecular weight excluding hydrogens is 455 g/mol. The van der Waals surface area contributed by atoms with Gasteiger partial charge in [-0.3, -0.25) is 9.59 Å². The zero-order chi connectivity index (χ0) is 24.8. The minimum absolute atomic E-state index is 0.0703. The van der Waals surface area contributed by atoms with Gasteiger partial charge in [-0.2, -0.15) is 5.10 Å². The molecule has 4 rings (SSSR count). The summed E-state index contributed by atoms with van der Waals surface area (Å²) in [5, 5.41) is 8.82. The van der Waals surface area contributed by atoms with Gasteiger partial charge in [0.25, 0.3) is 5.91 Å². The van der Waals surface area contributed by atoms with E-state index in [-0.39, 0.29) is 29.9 Å². The minimum atomic E-state index is -0.983. The van der Waals surface area contributed by atoms with E-state index < -0.39 is 12.8 Å². The average Bonchev–Trinajstić information content (AvgIpc) is 3.42. The van der Waals surface area contributed by atoms with Crippen molar-refractivity contribution in [1.29, 1.82) is 0 Å². The zero-order valence-corrected chi connectivity index (χ0v) is 19.4. The molecule has 0 saturated carbocycles. The van der Waals surface area contributed by atoms with Gasteiger partial charge < -0.3 is 19.2 Å². The third-order valence-electron chi connectivity index (χ3n) is 5.69. The first-order valence-corrected chi connectivity index (χ1v) is 11.1. The Balaban J connectivity index is 1.53. The van der Waals surface area contributed by atoms with Crippen LogP contribution in [0.2, 0.25) is 0 Å². The van der Waals surface area contributed by atoms with Crippen LogP contribution in [0.5, 0.6) is 11.5 Å². The summed E-state index contributed by atoms with van der Waals surface area (Å²) in [5.41, 5.74) is 2.89. The van der Waals surface area contributed by atoms with Gasteiger partial charge in [0.1, 0.15) is 0 Å². The van der Waals surface area contributed by atoms with Crippen LogP contribution in [-0.2, 0) is 11.3 Å². The Bertz CT molecular complexity index is 1210. The van der Waals surface area contributed by atoms with Crippen LogP contribution in [0, 0.1) is 5.92 Å². The van der Waals surface area contributed by atoms with Gasteiger partial charge in [0, 0.05) is 23.6 Å². The van der Waals surface area contributed by atoms with Crippen molar-refractivity contribution in [2.45, 2.75) is 26.3 Å². The molecule has 1 aromatic heterocycles. The van der Waals surface area contributed by atoms with Crippen LogP contribution in [0.1, 0.15) is 41.4 Å². The van der Waals surface area contributed by atoms with E-state index in [1.54, 1.807) is 24.3 Å². The number of carbonyl (C=O) groups is 2. The first kappa shape index (κ1) is 23.9. The molecule has 0 fully saturated rings. The summed E-state index contributed by atoms with van der Waals surface area (Å²) in [5.74, 6) is 0.239. The summed E-state index contributed by atoms with van der Waals surface area (Å²) < 4.78 is 28.1. The highest BCUT2D eigenvalue weighted by Crippen LogP contribution is 2.32. The number of alkyl halides is 1. The van der Waals surface area contributed by atoms with Crippen molar-refractivity contribution in [2.24, 2.45) is 11.0 Å². The number of halogens is 1. The maximum absolute atomic E-state index is 12.8. The maximum Gasteiger partial charge on any atom is 0.293 e. The van der Waals surface area contributed by atoms with Gasteiger partial charge in [-0.15, -0.1) is 0 Å². The molecule has 35 heavy (non-hydrogen) atoms. The number of hydrogen-bond donors (Lipinski definition) is 1. The smallest absolute Gasteiger partial charge is 0.293 e. The highest BCUT2D eigenvalue weighted by molar-refractivity contribution is 6.06. The van der Waals surface area contributed by atoms with E-state index in [1.807, 2.05) is 25.1 Å². The Hall–Kier alpha value is -4.21. The quantitative estimate of drug-likeness (QED) is 0.487. The number of nitrogens with zero attached hydrogens (tertiary/aromatic N) is 3. The van der Waals surface area contributed by atoms with Crippen molar-refractivity contribution in [3.05, 3.63) is 71.9 Å². The molecule has 0 spiro atoms. The molecule has 0 radical (unpaired) electrons. The lowest BCUT2D eigenvalue weighted by Crippen LogP contribution is -2.36. The second-order valence-corrected chi connectivity index (χ2v) is 7.88. The van der Waals surface area contributed by atoms with E-state index in [4.69, 9.17) is 13.9 Å². The number of benzene rings is 2. The molecule has 0 aliphatic carbocycles. The van der Waals surface area contributed by atoms with Crippen molar-refractivity contribution in [1.82, 2.24) is 9.99 Å². The number of oxazole rings is 1. The van der Waals surface area contributed by atoms with Crippen LogP contribution in [0.25, 0.3) is 0 Å². The van der Waals surface area contributed by atoms with Crippen LogP contribution in [0.3, 0.4) is 0 Å². The topological polar surface area (TPSA) is 106 Å². The second-order valence-electron chi connectivity index (χ2n) is 7.88. The lowest BCUT2D eigenvalue weighted by atomic mass is 9.89. The monoisotopic (exact) mass is 480 g/mol. The summed E-state index contributed by atoms with van der Waals surface area (Å²) in [6.45, 7) is 1.28. The standard InChI is InChI=1S/C25H25FN4O5/c1-3-17-11-23(31)30(29-24(17)18-6-9-20(33-2)21(10-18)34-14-26)13-16-4-7-19(8-5-16)28-25(32)22-12-27-15-35-22/h4-10,12,15,17H,3,11,13-14H2,1-2H3,(H,28,32). The van der Waals surface area contributed by atoms with Gasteiger partial charge in [-0.25, -0.2) is 14.4 Å². The Kier molecular flexibility index (Phi) is 7.39. The third-order valence-corrected chi connectivity index (χ3v) is 5.69. The fourth-order valence-electron chi connectivity index (χ4n) is 3.83. The van der Waals surface area contributed by atoms with Crippen LogP contribution < -0.4 is 14.8 Å². The van der Waals surface area contributed by atoms with Crippen molar-refractivity contribution >= 4 is 23.2 Å². The fourth-order valence-corrected chi connectivity index (χ4v) is 3.83. The molecule has 0 bridgehead atoms. The number of carbonyl (C=O) groups excluding carboxylic acids is 2. The minimum Gasteiger partial charge on any atom is -0.493 e. The van der Waals surface area contributed by atoms with Crippen LogP contribution in [-0.4, -0.2) is 41.5 Å². The number of rotatable bonds is 9. The van der Waals surface area contributed by atoms with E-state index in [1.165, 1.54) is 24.7 Å². The molecule has 9 nitrogen and oxygen atoms in total. The molecule has 2 amide bonds. The highest BCUT2D eigenvalue weighted by atomic mass is 19.1. The van der Waals surface area contributed by atoms with Crippen LogP contribution in [0.4, 0.5) is 10.1 Å². The Morgan fingerprint density at radius 3 is 2.69 bits per heavy atom. The molecule has 1 N–H and O–H groups in total. The fraction of sp³-hybridized carbons (Fsp3) is 0.280. The second kappa shape index (κ2) is 10.8. The molecule has 3 aromatic rings. The zero-order valence-electron chi connectivity index (χ0n) is 19.4. The molecule has 2 aromatic carbocycles. The lowest BCUT2D eigenvalue weighted by Gasteiger charge is -2.29. The number of hydrazone groups is 1. The van der Waals surface area contributed by atoms with Gasteiger partial charge in [-0.1, -0.05) is 19.1 Å². The number of nitrogens with one attached hydrogen (secondary N) is 1. The normalized spacial score (nSPS) is 15.5. The number of anilines is 1. The summed E-state index contributed by atoms with van der Waals surface area (Å²) in [6, 6.07) is 12.3. The van der Waals surface area contributed by atoms with Crippen LogP contribution >= 0.6 is 0 Å². The molecule has 2 heterocycles. The van der Waals surface area contributed by atoms with Gasteiger partial charge in [0.05, 0.1) is 25.6 Å². The van der Waals surface area contributed by atoms with E-state index in [0.717, 1.165) is 23.3 Å². The number of hydrogen-bond acceptors (Lipinski definition) is 7. The first-order valence-electron chi connectivity index (χ1n) is 11.1. The number of amides is 2. The van der Waals surface area contributed by atoms with Gasteiger partial charge in [0.15, 0.2) is 17.9 Å². The number of methoxy groups -OCH3 is 1. The van der Waals surface area contributed by atoms with Crippen molar-refractivity contribution in [2.75, 3.05) is 19.3 Å². The van der Waals surface area contributed by atoms with Crippen molar-refractivity contribution < 1.29 is 27.9 Å². The van der Waals surface area contributed by atoms with Crippen LogP contribution in [0.15, 0.2) is 64.6 Å². The molecule has 1 aliphatic heterocycles. The summed E-state index contributed by atoms with van der Waals surface area (Å²) in [4.78, 5) is 28.6. The van der Waals surface area contributed by atoms with E-state index >= 15 is 0 Å². The molecular formula is C25H25FN4O5. The van der Waals surface area contributed by atoms with E-state index in [2.05, 4.69) is 15.4 Å². The van der Waals surface area contributed by atoms with E-state index in [9.17, 15) is 14.0 Å². The summed E-state index contributed by atoms with van der Waals surface area (Å²) in [7, 11) is 1.48. The molecule has 0 saturated heterocycles. The lowest BCUT2D eigenvalue weighted by molar-refractivity contribution is -0.133. The summed E-state index contributed by atoms with van der Waals surface area (Å²) >= 11 is 0. The Morgan fingerprint density at radius 1 is 1.23 bits per heavy atom. The predicted molar refractivity (Wildman–Crippen MR) is 126 cm³/mol. The predicted octanol–water partition coefficient (Wildman–Crippen LogP) is 4.40. The van der Waals surface area contributed by atoms with Crippen molar-refractivity contribution in [3.63, 3.8) is 0 Å². The Morgan fingerprint density at radius 2 is 2.03 bits per heavy atom. The number of aromatic nitrogens is 1. The average molecular weight is 480 g/mol. The van der Waals surface area contributed by atoms with E-state index in [0.29, 0.717) is 17.9 Å². The molecule has 182 valence electrons. The van der Waals surface area contributed by atoms with Gasteiger partial charge >= 0.3 is 0 Å². The highest BCUT2D eigenvalue weighted by Gasteiger charge is 2.30. The van der Waals surface area contributed by atoms with Crippen molar-refractivity contribution in [3.8, 4) is 11.5 Å². The maximum atomic E-state index is 12.8. The Labute approximate surface area is 201 Å². The number of ether oxygens (including phenoxy) is 2. The third kappa shape index (κ3) is 5.48. The molecule has 1 aliphatic rings. The SMILES string of the molecule is CCC1CC(=O)N(Cc2ccc(NC(=O)c3cnco3)cc2)N=C1c1ccc(OC)c(OCF)c1. The van der Waals surface area contributed by atoms with Gasteiger partial charge in [-0.05, 0) is 42.3 Å². The molecule has 1 atom stereocenters. The first-order chi connectivity index (χ1) is 17.0.